The number of benzene rings is 1. The van der Waals surface area contributed by atoms with Gasteiger partial charge >= 0.3 is 0 Å². The van der Waals surface area contributed by atoms with Gasteiger partial charge in [0, 0.05) is 63.0 Å². The summed E-state index contributed by atoms with van der Waals surface area (Å²) in [6.07, 6.45) is 0. The van der Waals surface area contributed by atoms with Gasteiger partial charge < -0.3 is 15.5 Å². The zero-order chi connectivity index (χ0) is 16.8. The summed E-state index contributed by atoms with van der Waals surface area (Å²) in [6, 6.07) is 6.76. The Balaban J connectivity index is 0.00000225. The molecule has 0 aliphatic carbocycles. The first-order chi connectivity index (χ1) is 11.7. The number of piperazine rings is 1. The van der Waals surface area contributed by atoms with Crippen LogP contribution in [0.4, 0.5) is 10.1 Å². The summed E-state index contributed by atoms with van der Waals surface area (Å²) in [6.45, 7) is 7.67. The number of nitrogens with two attached hydrogens (primary N) is 1. The highest BCUT2D eigenvalue weighted by atomic mass is 127. The molecule has 2 N–H and O–H groups in total. The fraction of sp³-hybridized carbons (Fsp3) is 0.588. The first kappa shape index (κ1) is 20.6. The highest BCUT2D eigenvalue weighted by molar-refractivity contribution is 14.0. The molecular weight excluding hydrogens is 452 g/mol. The van der Waals surface area contributed by atoms with Crippen molar-refractivity contribution in [2.75, 3.05) is 68.8 Å². The number of nitrogens with zero attached hydrogens (tertiary/aromatic N) is 4. The predicted molar refractivity (Wildman–Crippen MR) is 116 cm³/mol. The minimum absolute atomic E-state index is 0. The number of hydrogen-bond donors (Lipinski definition) is 1. The third-order valence-electron chi connectivity index (χ3n) is 4.59. The normalized spacial score (nSPS) is 19.6. The van der Waals surface area contributed by atoms with E-state index in [1.807, 2.05) is 23.9 Å². The van der Waals surface area contributed by atoms with Crippen LogP contribution in [0.1, 0.15) is 0 Å². The molecule has 0 radical (unpaired) electrons. The lowest BCUT2D eigenvalue weighted by molar-refractivity contribution is 0.264. The zero-order valence-electron chi connectivity index (χ0n) is 14.4. The van der Waals surface area contributed by atoms with E-state index in [-0.39, 0.29) is 29.8 Å². The quantitative estimate of drug-likeness (QED) is 0.407. The van der Waals surface area contributed by atoms with Crippen LogP contribution >= 0.6 is 35.7 Å². The minimum Gasteiger partial charge on any atom is -0.370 e. The molecule has 0 atom stereocenters. The molecule has 0 saturated carbocycles. The van der Waals surface area contributed by atoms with Crippen molar-refractivity contribution in [3.05, 3.63) is 30.1 Å². The maximum absolute atomic E-state index is 13.0. The van der Waals surface area contributed by atoms with Crippen LogP contribution < -0.4 is 10.6 Å². The van der Waals surface area contributed by atoms with Gasteiger partial charge in [0.2, 0.25) is 0 Å². The average molecular weight is 479 g/mol. The molecule has 0 amide bonds. The van der Waals surface area contributed by atoms with Gasteiger partial charge in [-0.3, -0.25) is 9.89 Å². The third kappa shape index (κ3) is 6.18. The van der Waals surface area contributed by atoms with Crippen molar-refractivity contribution in [2.24, 2.45) is 10.7 Å². The zero-order valence-corrected chi connectivity index (χ0v) is 17.6. The smallest absolute Gasteiger partial charge is 0.191 e. The number of rotatable bonds is 4. The SMILES string of the molecule is I.NC(=NCCN1CCN(c2ccc(F)cc2)CC1)N1CCSCC1. The van der Waals surface area contributed by atoms with Gasteiger partial charge in [-0.2, -0.15) is 11.8 Å². The van der Waals surface area contributed by atoms with Gasteiger partial charge in [-0.1, -0.05) is 0 Å². The summed E-state index contributed by atoms with van der Waals surface area (Å²) < 4.78 is 13.0. The summed E-state index contributed by atoms with van der Waals surface area (Å²) in [5, 5.41) is 0. The Morgan fingerprint density at radius 2 is 1.68 bits per heavy atom. The number of anilines is 1. The molecule has 1 aromatic carbocycles. The van der Waals surface area contributed by atoms with Crippen LogP contribution in [0.15, 0.2) is 29.3 Å². The van der Waals surface area contributed by atoms with Crippen LogP contribution in [-0.4, -0.2) is 79.6 Å². The predicted octanol–water partition coefficient (Wildman–Crippen LogP) is 1.93. The molecule has 2 aliphatic heterocycles. The second-order valence-electron chi connectivity index (χ2n) is 6.14. The van der Waals surface area contributed by atoms with Crippen LogP contribution in [0.5, 0.6) is 0 Å². The molecule has 3 rings (SSSR count). The maximum atomic E-state index is 13.0. The summed E-state index contributed by atoms with van der Waals surface area (Å²) in [7, 11) is 0. The van der Waals surface area contributed by atoms with Gasteiger partial charge in [0.1, 0.15) is 5.82 Å². The lowest BCUT2D eigenvalue weighted by Crippen LogP contribution is -2.47. The van der Waals surface area contributed by atoms with E-state index in [9.17, 15) is 4.39 Å². The molecule has 2 fully saturated rings. The van der Waals surface area contributed by atoms with Gasteiger partial charge in [-0.15, -0.1) is 24.0 Å². The van der Waals surface area contributed by atoms with Crippen molar-refractivity contribution < 1.29 is 4.39 Å². The summed E-state index contributed by atoms with van der Waals surface area (Å²) in [4.78, 5) is 11.5. The molecule has 5 nitrogen and oxygen atoms in total. The van der Waals surface area contributed by atoms with E-state index in [1.54, 1.807) is 0 Å². The molecule has 8 heteroatoms. The summed E-state index contributed by atoms with van der Waals surface area (Å²) >= 11 is 1.98. The Kier molecular flexibility index (Phi) is 8.57. The van der Waals surface area contributed by atoms with Crippen molar-refractivity contribution in [3.8, 4) is 0 Å². The molecular formula is C17H27FIN5S. The average Bonchev–Trinajstić information content (AvgIpc) is 2.64. The topological polar surface area (TPSA) is 48.1 Å². The van der Waals surface area contributed by atoms with Crippen molar-refractivity contribution in [3.63, 3.8) is 0 Å². The maximum Gasteiger partial charge on any atom is 0.191 e. The summed E-state index contributed by atoms with van der Waals surface area (Å²) in [5.74, 6) is 2.80. The van der Waals surface area contributed by atoms with E-state index in [0.29, 0.717) is 5.96 Å². The number of aliphatic imine (C=N–C) groups is 1. The first-order valence-corrected chi connectivity index (χ1v) is 9.73. The standard InChI is InChI=1S/C17H26FN5S.HI/c18-15-1-3-16(4-2-15)22-9-7-21(8-10-22)6-5-20-17(19)23-11-13-24-14-12-23;/h1-4H,5-14H2,(H2,19,20);1H. The molecule has 2 saturated heterocycles. The molecule has 0 spiro atoms. The molecule has 0 aromatic heterocycles. The highest BCUT2D eigenvalue weighted by Crippen LogP contribution is 2.16. The van der Waals surface area contributed by atoms with Crippen LogP contribution in [0.3, 0.4) is 0 Å². The molecule has 0 unspecified atom stereocenters. The lowest BCUT2D eigenvalue weighted by atomic mass is 10.2. The molecule has 2 heterocycles. The van der Waals surface area contributed by atoms with Gasteiger partial charge in [-0.25, -0.2) is 4.39 Å². The van der Waals surface area contributed by atoms with E-state index in [4.69, 9.17) is 5.73 Å². The van der Waals surface area contributed by atoms with Gasteiger partial charge in [-0.05, 0) is 24.3 Å². The number of guanidine groups is 1. The molecule has 1 aromatic rings. The van der Waals surface area contributed by atoms with Crippen LogP contribution in [-0.2, 0) is 0 Å². The molecule has 140 valence electrons. The van der Waals surface area contributed by atoms with E-state index in [0.717, 1.165) is 69.6 Å². The van der Waals surface area contributed by atoms with Crippen molar-refractivity contribution in [2.45, 2.75) is 0 Å². The van der Waals surface area contributed by atoms with Crippen molar-refractivity contribution >= 4 is 47.4 Å². The van der Waals surface area contributed by atoms with Crippen LogP contribution in [0.25, 0.3) is 0 Å². The van der Waals surface area contributed by atoms with Gasteiger partial charge in [0.05, 0.1) is 6.54 Å². The highest BCUT2D eigenvalue weighted by Gasteiger charge is 2.17. The Morgan fingerprint density at radius 3 is 2.32 bits per heavy atom. The van der Waals surface area contributed by atoms with E-state index in [1.165, 1.54) is 12.1 Å². The third-order valence-corrected chi connectivity index (χ3v) is 5.53. The van der Waals surface area contributed by atoms with E-state index >= 15 is 0 Å². The summed E-state index contributed by atoms with van der Waals surface area (Å²) in [5.41, 5.74) is 7.18. The lowest BCUT2D eigenvalue weighted by Gasteiger charge is -2.36. The Morgan fingerprint density at radius 1 is 1.04 bits per heavy atom. The van der Waals surface area contributed by atoms with Crippen molar-refractivity contribution in [1.29, 1.82) is 0 Å². The second kappa shape index (κ2) is 10.4. The number of hydrogen-bond acceptors (Lipinski definition) is 4. The van der Waals surface area contributed by atoms with Crippen LogP contribution in [0, 0.1) is 5.82 Å². The van der Waals surface area contributed by atoms with Gasteiger partial charge in [0.15, 0.2) is 5.96 Å². The fourth-order valence-electron chi connectivity index (χ4n) is 3.08. The largest absolute Gasteiger partial charge is 0.370 e. The van der Waals surface area contributed by atoms with Gasteiger partial charge in [0.25, 0.3) is 0 Å². The number of thioether (sulfide) groups is 1. The van der Waals surface area contributed by atoms with E-state index in [2.05, 4.69) is 19.7 Å². The van der Waals surface area contributed by atoms with Crippen molar-refractivity contribution in [1.82, 2.24) is 9.80 Å². The Hall–Kier alpha value is -0.740. The first-order valence-electron chi connectivity index (χ1n) is 8.58. The number of halogens is 2. The molecule has 25 heavy (non-hydrogen) atoms. The Labute approximate surface area is 170 Å². The molecule has 0 bridgehead atoms. The minimum atomic E-state index is -0.180. The second-order valence-corrected chi connectivity index (χ2v) is 7.37. The van der Waals surface area contributed by atoms with E-state index < -0.39 is 0 Å². The van der Waals surface area contributed by atoms with Crippen LogP contribution in [0.2, 0.25) is 0 Å². The molecule has 2 aliphatic rings. The fourth-order valence-corrected chi connectivity index (χ4v) is 3.98. The monoisotopic (exact) mass is 479 g/mol. The Bertz CT molecular complexity index is 542.